The molecule has 1 saturated heterocycles. The standard InChI is InChI=1S/C11H22N2O4S/c1-9(2)8-18(15,16)10-6-13(7-10)11(14)12-4-5-17-3/h9-10H,4-8H2,1-3H3,(H,12,14). The lowest BCUT2D eigenvalue weighted by Crippen LogP contribution is -2.60. The van der Waals surface area contributed by atoms with E-state index in [0.29, 0.717) is 26.2 Å². The van der Waals surface area contributed by atoms with Crippen LogP contribution in [0.25, 0.3) is 0 Å². The van der Waals surface area contributed by atoms with Crippen LogP contribution in [0, 0.1) is 5.92 Å². The van der Waals surface area contributed by atoms with Crippen molar-refractivity contribution in [3.8, 4) is 0 Å². The van der Waals surface area contributed by atoms with Gasteiger partial charge in [0.15, 0.2) is 9.84 Å². The van der Waals surface area contributed by atoms with Crippen LogP contribution in [0.15, 0.2) is 0 Å². The number of carbonyl (C=O) groups excluding carboxylic acids is 1. The number of sulfone groups is 1. The van der Waals surface area contributed by atoms with Crippen molar-refractivity contribution in [2.75, 3.05) is 39.1 Å². The molecule has 0 spiro atoms. The van der Waals surface area contributed by atoms with Gasteiger partial charge >= 0.3 is 6.03 Å². The van der Waals surface area contributed by atoms with Crippen LogP contribution in [0.5, 0.6) is 0 Å². The Balaban J connectivity index is 2.33. The average Bonchev–Trinajstić information content (AvgIpc) is 2.12. The second kappa shape index (κ2) is 6.38. The molecular formula is C11H22N2O4S. The number of carbonyl (C=O) groups is 1. The Bertz CT molecular complexity index is 375. The quantitative estimate of drug-likeness (QED) is 0.699. The zero-order chi connectivity index (χ0) is 13.8. The van der Waals surface area contributed by atoms with Gasteiger partial charge in [0.1, 0.15) is 0 Å². The second-order valence-electron chi connectivity index (χ2n) is 4.98. The molecule has 18 heavy (non-hydrogen) atoms. The first-order chi connectivity index (χ1) is 8.36. The lowest BCUT2D eigenvalue weighted by atomic mass is 10.2. The number of nitrogens with zero attached hydrogens (tertiary/aromatic N) is 1. The number of hydrogen-bond acceptors (Lipinski definition) is 4. The smallest absolute Gasteiger partial charge is 0.317 e. The van der Waals surface area contributed by atoms with Crippen molar-refractivity contribution in [3.05, 3.63) is 0 Å². The van der Waals surface area contributed by atoms with Gasteiger partial charge in [-0.15, -0.1) is 0 Å². The summed E-state index contributed by atoms with van der Waals surface area (Å²) >= 11 is 0. The van der Waals surface area contributed by atoms with Gasteiger partial charge in [0.2, 0.25) is 0 Å². The molecule has 6 nitrogen and oxygen atoms in total. The van der Waals surface area contributed by atoms with E-state index >= 15 is 0 Å². The van der Waals surface area contributed by atoms with Crippen LogP contribution < -0.4 is 5.32 Å². The summed E-state index contributed by atoms with van der Waals surface area (Å²) in [6, 6.07) is -0.219. The molecule has 1 rings (SSSR count). The zero-order valence-electron chi connectivity index (χ0n) is 11.2. The molecule has 0 aromatic rings. The van der Waals surface area contributed by atoms with Crippen molar-refractivity contribution in [2.24, 2.45) is 5.92 Å². The van der Waals surface area contributed by atoms with E-state index in [-0.39, 0.29) is 17.7 Å². The van der Waals surface area contributed by atoms with Crippen LogP contribution in [0.3, 0.4) is 0 Å². The fourth-order valence-corrected chi connectivity index (χ4v) is 3.82. The SMILES string of the molecule is COCCNC(=O)N1CC(S(=O)(=O)CC(C)C)C1. The van der Waals surface area contributed by atoms with Gasteiger partial charge in [-0.1, -0.05) is 13.8 Å². The average molecular weight is 278 g/mol. The highest BCUT2D eigenvalue weighted by molar-refractivity contribution is 7.92. The molecule has 7 heteroatoms. The van der Waals surface area contributed by atoms with Gasteiger partial charge in [-0.25, -0.2) is 13.2 Å². The Morgan fingerprint density at radius 3 is 2.56 bits per heavy atom. The molecule has 0 atom stereocenters. The van der Waals surface area contributed by atoms with Crippen LogP contribution in [-0.2, 0) is 14.6 Å². The molecular weight excluding hydrogens is 256 g/mol. The van der Waals surface area contributed by atoms with Crippen molar-refractivity contribution in [1.82, 2.24) is 10.2 Å². The van der Waals surface area contributed by atoms with Crippen LogP contribution in [-0.4, -0.2) is 63.7 Å². The third-order valence-corrected chi connectivity index (χ3v) is 5.24. The van der Waals surface area contributed by atoms with E-state index in [1.54, 1.807) is 7.11 Å². The first kappa shape index (κ1) is 15.2. The van der Waals surface area contributed by atoms with E-state index in [4.69, 9.17) is 4.74 Å². The molecule has 0 saturated carbocycles. The summed E-state index contributed by atoms with van der Waals surface area (Å²) < 4.78 is 28.6. The third kappa shape index (κ3) is 4.13. The van der Waals surface area contributed by atoms with Gasteiger partial charge in [-0.2, -0.15) is 0 Å². The van der Waals surface area contributed by atoms with Gasteiger partial charge in [-0.05, 0) is 5.92 Å². The molecule has 2 amide bonds. The number of amides is 2. The van der Waals surface area contributed by atoms with E-state index < -0.39 is 15.1 Å². The van der Waals surface area contributed by atoms with Crippen LogP contribution >= 0.6 is 0 Å². The minimum absolute atomic E-state index is 0.125. The number of likely N-dealkylation sites (tertiary alicyclic amines) is 1. The van der Waals surface area contributed by atoms with Gasteiger partial charge in [-0.3, -0.25) is 0 Å². The Hall–Kier alpha value is -0.820. The number of ether oxygens (including phenoxy) is 1. The molecule has 1 fully saturated rings. The monoisotopic (exact) mass is 278 g/mol. The van der Waals surface area contributed by atoms with E-state index in [1.807, 2.05) is 13.8 Å². The maximum Gasteiger partial charge on any atom is 0.317 e. The molecule has 0 bridgehead atoms. The number of nitrogens with one attached hydrogen (secondary N) is 1. The first-order valence-electron chi connectivity index (χ1n) is 6.10. The van der Waals surface area contributed by atoms with Gasteiger partial charge in [0, 0.05) is 26.7 Å². The molecule has 0 aromatic carbocycles. The highest BCUT2D eigenvalue weighted by Crippen LogP contribution is 2.18. The normalized spacial score (nSPS) is 16.8. The van der Waals surface area contributed by atoms with Crippen molar-refractivity contribution in [3.63, 3.8) is 0 Å². The Morgan fingerprint density at radius 2 is 2.06 bits per heavy atom. The molecule has 1 N–H and O–H groups in total. The topological polar surface area (TPSA) is 75.7 Å². The fraction of sp³-hybridized carbons (Fsp3) is 0.909. The summed E-state index contributed by atoms with van der Waals surface area (Å²) in [7, 11) is -1.50. The largest absolute Gasteiger partial charge is 0.383 e. The van der Waals surface area contributed by atoms with Gasteiger partial charge < -0.3 is 15.0 Å². The number of methoxy groups -OCH3 is 1. The highest BCUT2D eigenvalue weighted by Gasteiger charge is 2.39. The van der Waals surface area contributed by atoms with Crippen molar-refractivity contribution in [1.29, 1.82) is 0 Å². The molecule has 0 unspecified atom stereocenters. The van der Waals surface area contributed by atoms with Crippen molar-refractivity contribution in [2.45, 2.75) is 19.1 Å². The maximum absolute atomic E-state index is 11.9. The molecule has 0 aromatic heterocycles. The van der Waals surface area contributed by atoms with Crippen LogP contribution in [0.4, 0.5) is 4.79 Å². The zero-order valence-corrected chi connectivity index (χ0v) is 12.0. The van der Waals surface area contributed by atoms with Gasteiger partial charge in [0.25, 0.3) is 0 Å². The minimum atomic E-state index is -3.06. The predicted molar refractivity (Wildman–Crippen MR) is 69.3 cm³/mol. The van der Waals surface area contributed by atoms with E-state index in [1.165, 1.54) is 4.90 Å². The molecule has 0 aliphatic carbocycles. The molecule has 1 aliphatic heterocycles. The summed E-state index contributed by atoms with van der Waals surface area (Å²) in [6.07, 6.45) is 0. The number of rotatable bonds is 6. The maximum atomic E-state index is 11.9. The predicted octanol–water partition coefficient (Wildman–Crippen LogP) is 0.0974. The molecule has 1 heterocycles. The number of urea groups is 1. The van der Waals surface area contributed by atoms with Crippen molar-refractivity contribution >= 4 is 15.9 Å². The first-order valence-corrected chi connectivity index (χ1v) is 7.81. The van der Waals surface area contributed by atoms with E-state index in [2.05, 4.69) is 5.32 Å². The summed E-state index contributed by atoms with van der Waals surface area (Å²) in [5, 5.41) is 2.27. The third-order valence-electron chi connectivity index (χ3n) is 2.79. The fourth-order valence-electron chi connectivity index (χ4n) is 1.80. The summed E-state index contributed by atoms with van der Waals surface area (Å²) in [5.74, 6) is 0.316. The second-order valence-corrected chi connectivity index (χ2v) is 7.30. The van der Waals surface area contributed by atoms with Crippen LogP contribution in [0.1, 0.15) is 13.8 Å². The number of hydrogen-bond donors (Lipinski definition) is 1. The summed E-state index contributed by atoms with van der Waals surface area (Å²) in [5.41, 5.74) is 0. The molecule has 0 radical (unpaired) electrons. The highest BCUT2D eigenvalue weighted by atomic mass is 32.2. The van der Waals surface area contributed by atoms with E-state index in [0.717, 1.165) is 0 Å². The summed E-state index contributed by atoms with van der Waals surface area (Å²) in [4.78, 5) is 13.1. The molecule has 106 valence electrons. The lowest BCUT2D eigenvalue weighted by molar-refractivity contribution is 0.159. The van der Waals surface area contributed by atoms with Crippen LogP contribution in [0.2, 0.25) is 0 Å². The Morgan fingerprint density at radius 1 is 1.44 bits per heavy atom. The Kier molecular flexibility index (Phi) is 5.40. The summed E-state index contributed by atoms with van der Waals surface area (Å²) in [6.45, 7) is 5.25. The lowest BCUT2D eigenvalue weighted by Gasteiger charge is -2.38. The minimum Gasteiger partial charge on any atom is -0.383 e. The van der Waals surface area contributed by atoms with E-state index in [9.17, 15) is 13.2 Å². The van der Waals surface area contributed by atoms with Gasteiger partial charge in [0.05, 0.1) is 17.6 Å². The Labute approximate surface area is 109 Å². The van der Waals surface area contributed by atoms with Crippen molar-refractivity contribution < 1.29 is 17.9 Å². The molecule has 1 aliphatic rings.